The summed E-state index contributed by atoms with van der Waals surface area (Å²) in [5.41, 5.74) is 9.97. The fourth-order valence-corrected chi connectivity index (χ4v) is 2.98. The first-order chi connectivity index (χ1) is 8.89. The van der Waals surface area contributed by atoms with E-state index in [1.807, 2.05) is 32.2 Å². The van der Waals surface area contributed by atoms with Gasteiger partial charge in [0.25, 0.3) is 0 Å². The van der Waals surface area contributed by atoms with Crippen molar-refractivity contribution in [3.05, 3.63) is 28.6 Å². The van der Waals surface area contributed by atoms with Gasteiger partial charge in [-0.1, -0.05) is 6.07 Å². The minimum atomic E-state index is -0.502. The summed E-state index contributed by atoms with van der Waals surface area (Å²) < 4.78 is 0. The Balaban J connectivity index is 2.27. The summed E-state index contributed by atoms with van der Waals surface area (Å²) in [5, 5.41) is 5.43. The predicted octanol–water partition coefficient (Wildman–Crippen LogP) is 2.93. The number of anilines is 2. The average molecular weight is 273 g/mol. The zero-order valence-corrected chi connectivity index (χ0v) is 11.9. The molecule has 0 bridgehead atoms. The van der Waals surface area contributed by atoms with Crippen molar-refractivity contribution < 1.29 is 4.79 Å². The van der Waals surface area contributed by atoms with Gasteiger partial charge in [-0.15, -0.1) is 11.3 Å². The molecule has 1 aromatic carbocycles. The van der Waals surface area contributed by atoms with Crippen LogP contribution in [-0.4, -0.2) is 10.9 Å². The van der Waals surface area contributed by atoms with E-state index in [0.717, 1.165) is 28.1 Å². The fourth-order valence-electron chi connectivity index (χ4n) is 2.42. The lowest BCUT2D eigenvalue weighted by Gasteiger charge is -2.16. The molecule has 1 aliphatic rings. The van der Waals surface area contributed by atoms with Crippen LogP contribution in [0.1, 0.15) is 25.0 Å². The van der Waals surface area contributed by atoms with Crippen LogP contribution in [0.15, 0.2) is 17.5 Å². The highest BCUT2D eigenvalue weighted by molar-refractivity contribution is 7.13. The molecule has 3 rings (SSSR count). The Bertz CT molecular complexity index is 688. The summed E-state index contributed by atoms with van der Waals surface area (Å²) in [7, 11) is 0. The number of carbonyl (C=O) groups excluding carboxylic acids is 1. The topological polar surface area (TPSA) is 68.0 Å². The van der Waals surface area contributed by atoms with Crippen molar-refractivity contribution in [3.63, 3.8) is 0 Å². The molecule has 0 saturated carbocycles. The number of aromatic nitrogens is 1. The number of rotatable bonds is 1. The van der Waals surface area contributed by atoms with Crippen molar-refractivity contribution in [1.82, 2.24) is 4.98 Å². The molecule has 0 saturated heterocycles. The van der Waals surface area contributed by atoms with E-state index in [1.165, 1.54) is 11.3 Å². The second-order valence-corrected chi connectivity index (χ2v) is 6.27. The third-order valence-corrected chi connectivity index (χ3v) is 4.23. The van der Waals surface area contributed by atoms with E-state index in [9.17, 15) is 4.79 Å². The number of benzene rings is 1. The summed E-state index contributed by atoms with van der Waals surface area (Å²) in [6.07, 6.45) is 0. The van der Waals surface area contributed by atoms with Crippen LogP contribution in [-0.2, 0) is 10.2 Å². The molecule has 1 aromatic heterocycles. The van der Waals surface area contributed by atoms with Crippen molar-refractivity contribution >= 4 is 28.1 Å². The molecule has 19 heavy (non-hydrogen) atoms. The Kier molecular flexibility index (Phi) is 2.44. The molecule has 2 heterocycles. The lowest BCUT2D eigenvalue weighted by Crippen LogP contribution is -2.26. The minimum absolute atomic E-state index is 0.0255. The smallest absolute Gasteiger partial charge is 0.234 e. The van der Waals surface area contributed by atoms with Crippen molar-refractivity contribution in [1.29, 1.82) is 0 Å². The maximum absolute atomic E-state index is 12.1. The Labute approximate surface area is 115 Å². The highest BCUT2D eigenvalue weighted by Crippen LogP contribution is 2.44. The Hall–Kier alpha value is -1.88. The average Bonchev–Trinajstić information content (AvgIpc) is 2.84. The Morgan fingerprint density at radius 2 is 2.11 bits per heavy atom. The normalized spacial score (nSPS) is 16.3. The van der Waals surface area contributed by atoms with E-state index in [-0.39, 0.29) is 5.91 Å². The first-order valence-corrected chi connectivity index (χ1v) is 6.95. The summed E-state index contributed by atoms with van der Waals surface area (Å²) in [5.74, 6) is 0.0255. The maximum atomic E-state index is 12.1. The van der Waals surface area contributed by atoms with E-state index >= 15 is 0 Å². The van der Waals surface area contributed by atoms with E-state index < -0.39 is 5.41 Å². The third kappa shape index (κ3) is 1.73. The van der Waals surface area contributed by atoms with Gasteiger partial charge < -0.3 is 11.1 Å². The first-order valence-electron chi connectivity index (χ1n) is 6.07. The van der Waals surface area contributed by atoms with Gasteiger partial charge in [0.2, 0.25) is 5.91 Å². The number of nitrogens with two attached hydrogens (primary N) is 1. The second-order valence-electron chi connectivity index (χ2n) is 5.39. The van der Waals surface area contributed by atoms with Crippen molar-refractivity contribution in [3.8, 4) is 11.3 Å². The highest BCUT2D eigenvalue weighted by Gasteiger charge is 2.39. The predicted molar refractivity (Wildman–Crippen MR) is 78.4 cm³/mol. The molecule has 0 aliphatic carbocycles. The molecule has 0 fully saturated rings. The molecule has 5 heteroatoms. The van der Waals surface area contributed by atoms with E-state index in [2.05, 4.69) is 16.4 Å². The van der Waals surface area contributed by atoms with Crippen molar-refractivity contribution in [2.45, 2.75) is 26.2 Å². The van der Waals surface area contributed by atoms with Gasteiger partial charge >= 0.3 is 0 Å². The number of hydrogen-bond acceptors (Lipinski definition) is 4. The van der Waals surface area contributed by atoms with Gasteiger partial charge in [-0.3, -0.25) is 4.79 Å². The van der Waals surface area contributed by atoms with Gasteiger partial charge in [0, 0.05) is 10.9 Å². The highest BCUT2D eigenvalue weighted by atomic mass is 32.1. The largest absolute Gasteiger partial charge is 0.375 e. The molecule has 3 N–H and O–H groups in total. The van der Waals surface area contributed by atoms with Gasteiger partial charge in [-0.05, 0) is 38.0 Å². The molecule has 98 valence electrons. The van der Waals surface area contributed by atoms with E-state index in [0.29, 0.717) is 5.13 Å². The van der Waals surface area contributed by atoms with Crippen LogP contribution in [0.4, 0.5) is 10.8 Å². The Morgan fingerprint density at radius 1 is 1.37 bits per heavy atom. The first kappa shape index (κ1) is 12.2. The molecule has 0 unspecified atom stereocenters. The summed E-state index contributed by atoms with van der Waals surface area (Å²) in [4.78, 5) is 16.4. The lowest BCUT2D eigenvalue weighted by molar-refractivity contribution is -0.119. The van der Waals surface area contributed by atoms with Crippen LogP contribution in [0, 0.1) is 6.92 Å². The molecular formula is C14H15N3OS. The zero-order chi connectivity index (χ0) is 13.8. The number of carbonyl (C=O) groups is 1. The second kappa shape index (κ2) is 3.81. The number of amides is 1. The number of nitrogen functional groups attached to an aromatic ring is 1. The molecule has 0 radical (unpaired) electrons. The zero-order valence-electron chi connectivity index (χ0n) is 11.1. The molecule has 1 aliphatic heterocycles. The minimum Gasteiger partial charge on any atom is -0.375 e. The van der Waals surface area contributed by atoms with Gasteiger partial charge in [0.15, 0.2) is 5.13 Å². The van der Waals surface area contributed by atoms with Crippen molar-refractivity contribution in [2.75, 3.05) is 11.1 Å². The number of nitrogens with one attached hydrogen (secondary N) is 1. The summed E-state index contributed by atoms with van der Waals surface area (Å²) in [6, 6.07) is 4.10. The van der Waals surface area contributed by atoms with Crippen LogP contribution >= 0.6 is 11.3 Å². The number of fused-ring (bicyclic) bond motifs is 1. The third-order valence-electron chi connectivity index (χ3n) is 3.56. The number of aryl methyl sites for hydroxylation is 1. The number of thiazole rings is 1. The van der Waals surface area contributed by atoms with Crippen LogP contribution in [0.3, 0.4) is 0 Å². The maximum Gasteiger partial charge on any atom is 0.234 e. The quantitative estimate of drug-likeness (QED) is 0.839. The lowest BCUT2D eigenvalue weighted by atomic mass is 9.84. The van der Waals surface area contributed by atoms with Crippen LogP contribution in [0.5, 0.6) is 0 Å². The van der Waals surface area contributed by atoms with Gasteiger partial charge in [0.1, 0.15) is 0 Å². The van der Waals surface area contributed by atoms with Gasteiger partial charge in [0.05, 0.1) is 16.8 Å². The number of nitrogens with zero attached hydrogens (tertiary/aromatic N) is 1. The van der Waals surface area contributed by atoms with Gasteiger partial charge in [-0.25, -0.2) is 4.98 Å². The molecule has 4 nitrogen and oxygen atoms in total. The van der Waals surface area contributed by atoms with E-state index in [4.69, 9.17) is 5.73 Å². The summed E-state index contributed by atoms with van der Waals surface area (Å²) in [6.45, 7) is 5.90. The summed E-state index contributed by atoms with van der Waals surface area (Å²) >= 11 is 1.41. The molecule has 1 amide bonds. The Morgan fingerprint density at radius 3 is 2.74 bits per heavy atom. The fraction of sp³-hybridized carbons (Fsp3) is 0.286. The van der Waals surface area contributed by atoms with Crippen LogP contribution in [0.2, 0.25) is 0 Å². The molecule has 2 aromatic rings. The van der Waals surface area contributed by atoms with Gasteiger partial charge in [-0.2, -0.15) is 0 Å². The molecular weight excluding hydrogens is 258 g/mol. The molecule has 0 atom stereocenters. The monoisotopic (exact) mass is 273 g/mol. The number of hydrogen-bond donors (Lipinski definition) is 2. The standard InChI is InChI=1S/C14H15N3OS/c1-7-4-8(10-6-19-13(15)16-10)11-9(5-7)14(2,3)12(18)17-11/h4-6H,1-3H3,(H2,15,16)(H,17,18). The van der Waals surface area contributed by atoms with E-state index in [1.54, 1.807) is 0 Å². The van der Waals surface area contributed by atoms with Crippen LogP contribution in [0.25, 0.3) is 11.3 Å². The SMILES string of the molecule is Cc1cc(-c2csc(N)n2)c2c(c1)C(C)(C)C(=O)N2. The van der Waals surface area contributed by atoms with Crippen LogP contribution < -0.4 is 11.1 Å². The van der Waals surface area contributed by atoms with Crippen molar-refractivity contribution in [2.24, 2.45) is 0 Å². The molecule has 0 spiro atoms.